The highest BCUT2D eigenvalue weighted by Gasteiger charge is 2.40. The summed E-state index contributed by atoms with van der Waals surface area (Å²) in [6.07, 6.45) is 0.424. The lowest BCUT2D eigenvalue weighted by Gasteiger charge is -2.19. The monoisotopic (exact) mass is 493 g/mol. The van der Waals surface area contributed by atoms with Crippen molar-refractivity contribution >= 4 is 58.2 Å². The summed E-state index contributed by atoms with van der Waals surface area (Å²) in [5, 5.41) is 13.5. The Bertz CT molecular complexity index is 1250. The zero-order valence-electron chi connectivity index (χ0n) is 17.2. The van der Waals surface area contributed by atoms with Crippen LogP contribution in [0.5, 0.6) is 0 Å². The fourth-order valence-corrected chi connectivity index (χ4v) is 4.92. The number of hydrogen-bond donors (Lipinski definition) is 1. The lowest BCUT2D eigenvalue weighted by molar-refractivity contribution is -0.117. The molecule has 1 heterocycles. The number of halogens is 2. The quantitative estimate of drug-likeness (QED) is 0.346. The highest BCUT2D eigenvalue weighted by Crippen LogP contribution is 2.42. The van der Waals surface area contributed by atoms with Crippen molar-refractivity contribution in [1.29, 1.82) is 5.26 Å². The van der Waals surface area contributed by atoms with Crippen LogP contribution in [0.15, 0.2) is 89.5 Å². The number of carbonyl (C=O) groups excluding carboxylic acids is 2. The van der Waals surface area contributed by atoms with Crippen LogP contribution in [0.2, 0.25) is 10.0 Å². The Morgan fingerprint density at radius 2 is 1.58 bits per heavy atom. The van der Waals surface area contributed by atoms with Gasteiger partial charge in [-0.05, 0) is 60.5 Å². The molecule has 5 nitrogen and oxygen atoms in total. The Labute approximate surface area is 205 Å². The summed E-state index contributed by atoms with van der Waals surface area (Å²) in [5.41, 5.74) is 1.88. The van der Waals surface area contributed by atoms with Gasteiger partial charge in [-0.3, -0.25) is 14.5 Å². The first-order chi connectivity index (χ1) is 16.0. The predicted molar refractivity (Wildman–Crippen MR) is 133 cm³/mol. The molecule has 0 saturated carbocycles. The van der Waals surface area contributed by atoms with Gasteiger partial charge in [-0.2, -0.15) is 5.26 Å². The maximum absolute atomic E-state index is 13.4. The fraction of sp³-hybridized carbons (Fsp3) is 0.0800. The number of para-hydroxylation sites is 1. The van der Waals surface area contributed by atoms with E-state index in [2.05, 4.69) is 5.32 Å². The summed E-state index contributed by atoms with van der Waals surface area (Å²) in [4.78, 5) is 27.9. The summed E-state index contributed by atoms with van der Waals surface area (Å²) >= 11 is 13.2. The molecule has 0 radical (unpaired) electrons. The summed E-state index contributed by atoms with van der Waals surface area (Å²) < 4.78 is 0. The van der Waals surface area contributed by atoms with Gasteiger partial charge in [-0.25, -0.2) is 0 Å². The Hall–Kier alpha value is -3.24. The number of nitrogens with zero attached hydrogens (tertiary/aromatic N) is 2. The third kappa shape index (κ3) is 5.23. The highest BCUT2D eigenvalue weighted by atomic mass is 35.5. The first-order valence-corrected chi connectivity index (χ1v) is 11.6. The van der Waals surface area contributed by atoms with Gasteiger partial charge in [0, 0.05) is 21.4 Å². The smallest absolute Gasteiger partial charge is 0.269 e. The van der Waals surface area contributed by atoms with E-state index in [1.165, 1.54) is 16.7 Å². The molecule has 164 valence electrons. The van der Waals surface area contributed by atoms with Crippen LogP contribution in [0.25, 0.3) is 0 Å². The summed E-state index contributed by atoms with van der Waals surface area (Å²) in [7, 11) is 0. The molecule has 2 amide bonds. The van der Waals surface area contributed by atoms with Gasteiger partial charge >= 0.3 is 0 Å². The average Bonchev–Trinajstić information content (AvgIpc) is 3.12. The standard InChI is InChI=1S/C25H17Cl2N3O2S/c26-17-8-6-16(7-9-17)14-22-24(32)30(20-12-10-18(27)11-13-20)25(33-22)21(15-28)23(31)29-19-4-2-1-3-5-19/h1-13,22H,14H2,(H,29,31)/b25-21-/t22-/m0/s1. The zero-order chi connectivity index (χ0) is 23.4. The van der Waals surface area contributed by atoms with Gasteiger partial charge in [0.15, 0.2) is 0 Å². The Morgan fingerprint density at radius 1 is 0.970 bits per heavy atom. The van der Waals surface area contributed by atoms with Crippen LogP contribution < -0.4 is 10.2 Å². The lowest BCUT2D eigenvalue weighted by atomic mass is 10.1. The first kappa shape index (κ1) is 22.9. The number of hydrogen-bond acceptors (Lipinski definition) is 4. The van der Waals surface area contributed by atoms with E-state index < -0.39 is 11.2 Å². The van der Waals surface area contributed by atoms with Crippen LogP contribution in [-0.2, 0) is 16.0 Å². The second-order valence-corrected chi connectivity index (χ2v) is 9.26. The van der Waals surface area contributed by atoms with Gasteiger partial charge < -0.3 is 5.32 Å². The first-order valence-electron chi connectivity index (χ1n) is 9.97. The Kier molecular flexibility index (Phi) is 7.05. The third-order valence-corrected chi connectivity index (χ3v) is 6.72. The zero-order valence-corrected chi connectivity index (χ0v) is 19.5. The molecular weight excluding hydrogens is 477 g/mol. The normalized spacial score (nSPS) is 16.9. The van der Waals surface area contributed by atoms with Crippen molar-refractivity contribution in [1.82, 2.24) is 0 Å². The molecule has 1 atom stereocenters. The third-order valence-electron chi connectivity index (χ3n) is 4.96. The summed E-state index contributed by atoms with van der Waals surface area (Å²) in [6.45, 7) is 0. The molecule has 4 rings (SSSR count). The number of benzene rings is 3. The van der Waals surface area contributed by atoms with Crippen LogP contribution in [-0.4, -0.2) is 17.1 Å². The molecule has 3 aromatic rings. The van der Waals surface area contributed by atoms with Crippen LogP contribution >= 0.6 is 35.0 Å². The maximum Gasteiger partial charge on any atom is 0.269 e. The molecule has 0 unspecified atom stereocenters. The Morgan fingerprint density at radius 3 is 2.18 bits per heavy atom. The molecule has 1 saturated heterocycles. The molecule has 1 N–H and O–H groups in total. The summed E-state index contributed by atoms with van der Waals surface area (Å²) in [6, 6.07) is 24.8. The van der Waals surface area contributed by atoms with Crippen molar-refractivity contribution in [2.24, 2.45) is 0 Å². The number of nitrogens with one attached hydrogen (secondary N) is 1. The number of amides is 2. The van der Waals surface area contributed by atoms with Crippen molar-refractivity contribution in [3.05, 3.63) is 105 Å². The minimum Gasteiger partial charge on any atom is -0.321 e. The van der Waals surface area contributed by atoms with Gasteiger partial charge in [-0.1, -0.05) is 65.3 Å². The van der Waals surface area contributed by atoms with Crippen molar-refractivity contribution in [3.63, 3.8) is 0 Å². The van der Waals surface area contributed by atoms with Crippen molar-refractivity contribution < 1.29 is 9.59 Å². The molecule has 3 aromatic carbocycles. The average molecular weight is 494 g/mol. The van der Waals surface area contributed by atoms with E-state index in [4.69, 9.17) is 23.2 Å². The van der Waals surface area contributed by atoms with Gasteiger partial charge in [0.2, 0.25) is 5.91 Å². The van der Waals surface area contributed by atoms with Crippen LogP contribution in [0, 0.1) is 11.3 Å². The van der Waals surface area contributed by atoms with Crippen LogP contribution in [0.4, 0.5) is 11.4 Å². The van der Waals surface area contributed by atoms with E-state index in [-0.39, 0.29) is 16.5 Å². The predicted octanol–water partition coefficient (Wildman–Crippen LogP) is 6.06. The second-order valence-electron chi connectivity index (χ2n) is 7.20. The molecule has 1 aliphatic heterocycles. The number of thioether (sulfide) groups is 1. The van der Waals surface area contributed by atoms with Gasteiger partial charge in [0.25, 0.3) is 5.91 Å². The SMILES string of the molecule is N#C/C(C(=O)Nc1ccccc1)=C1/S[C@@H](Cc2ccc(Cl)cc2)C(=O)N1c1ccc(Cl)cc1. The number of carbonyl (C=O) groups is 2. The molecule has 0 aliphatic carbocycles. The van der Waals surface area contributed by atoms with E-state index >= 15 is 0 Å². The largest absolute Gasteiger partial charge is 0.321 e. The molecule has 33 heavy (non-hydrogen) atoms. The van der Waals surface area contributed by atoms with Gasteiger partial charge in [0.1, 0.15) is 16.7 Å². The molecule has 0 aromatic heterocycles. The maximum atomic E-state index is 13.4. The minimum absolute atomic E-state index is 0.134. The summed E-state index contributed by atoms with van der Waals surface area (Å²) in [5.74, 6) is -0.794. The highest BCUT2D eigenvalue weighted by molar-refractivity contribution is 8.05. The number of rotatable bonds is 5. The fourth-order valence-electron chi connectivity index (χ4n) is 3.36. The second kappa shape index (κ2) is 10.1. The van der Waals surface area contributed by atoms with E-state index in [1.54, 1.807) is 60.7 Å². The van der Waals surface area contributed by atoms with Gasteiger partial charge in [0.05, 0.1) is 5.25 Å². The number of nitriles is 1. The van der Waals surface area contributed by atoms with Crippen molar-refractivity contribution in [2.75, 3.05) is 10.2 Å². The Balaban J connectivity index is 1.72. The topological polar surface area (TPSA) is 73.2 Å². The van der Waals surface area contributed by atoms with Crippen molar-refractivity contribution in [2.45, 2.75) is 11.7 Å². The van der Waals surface area contributed by atoms with Crippen LogP contribution in [0.3, 0.4) is 0 Å². The molecule has 0 spiro atoms. The number of anilines is 2. The lowest BCUT2D eigenvalue weighted by Crippen LogP contribution is -2.30. The van der Waals surface area contributed by atoms with E-state index in [0.717, 1.165) is 5.56 Å². The minimum atomic E-state index is -0.579. The molecule has 8 heteroatoms. The molecule has 1 fully saturated rings. The molecular formula is C25H17Cl2N3O2S. The molecule has 0 bridgehead atoms. The van der Waals surface area contributed by atoms with E-state index in [9.17, 15) is 14.9 Å². The van der Waals surface area contributed by atoms with Gasteiger partial charge in [-0.15, -0.1) is 0 Å². The molecule has 1 aliphatic rings. The van der Waals surface area contributed by atoms with Crippen LogP contribution in [0.1, 0.15) is 5.56 Å². The van der Waals surface area contributed by atoms with Crippen molar-refractivity contribution in [3.8, 4) is 6.07 Å². The van der Waals surface area contributed by atoms with E-state index in [0.29, 0.717) is 27.8 Å². The van der Waals surface area contributed by atoms with E-state index in [1.807, 2.05) is 24.3 Å².